The van der Waals surface area contributed by atoms with Crippen LogP contribution < -0.4 is 10.2 Å². The first-order valence-electron chi connectivity index (χ1n) is 9.88. The molecule has 28 heavy (non-hydrogen) atoms. The summed E-state index contributed by atoms with van der Waals surface area (Å²) in [5.74, 6) is 0.376. The molecule has 0 saturated heterocycles. The summed E-state index contributed by atoms with van der Waals surface area (Å²) in [5, 5.41) is 4.88. The third kappa shape index (κ3) is 3.55. The first-order valence-corrected chi connectivity index (χ1v) is 11.1. The van der Waals surface area contributed by atoms with Crippen LogP contribution >= 0.6 is 23.6 Å². The van der Waals surface area contributed by atoms with Gasteiger partial charge in [0.05, 0.1) is 12.7 Å². The maximum atomic E-state index is 12.5. The van der Waals surface area contributed by atoms with Crippen LogP contribution in [0.3, 0.4) is 0 Å². The summed E-state index contributed by atoms with van der Waals surface area (Å²) in [6, 6.07) is 6.53. The molecule has 2 aromatic rings. The van der Waals surface area contributed by atoms with Gasteiger partial charge in [0.15, 0.2) is 5.11 Å². The number of ether oxygens (including phenoxy) is 1. The summed E-state index contributed by atoms with van der Waals surface area (Å²) in [5.41, 5.74) is 5.60. The molecule has 1 aromatic heterocycles. The highest BCUT2D eigenvalue weighted by Gasteiger charge is 2.29. The fourth-order valence-corrected chi connectivity index (χ4v) is 6.01. The lowest BCUT2D eigenvalue weighted by Crippen LogP contribution is -2.38. The number of thiophene rings is 1. The fraction of sp³-hybridized carbons (Fsp3) is 0.455. The van der Waals surface area contributed by atoms with E-state index in [1.54, 1.807) is 11.3 Å². The molecular weight excluding hydrogens is 388 g/mol. The summed E-state index contributed by atoms with van der Waals surface area (Å²) in [7, 11) is 1.45. The van der Waals surface area contributed by atoms with Crippen molar-refractivity contribution in [3.63, 3.8) is 0 Å². The second kappa shape index (κ2) is 7.84. The van der Waals surface area contributed by atoms with E-state index in [9.17, 15) is 4.79 Å². The molecule has 1 atom stereocenters. The Balaban J connectivity index is 1.65. The van der Waals surface area contributed by atoms with E-state index in [0.717, 1.165) is 49.2 Å². The monoisotopic (exact) mass is 414 g/mol. The van der Waals surface area contributed by atoms with E-state index < -0.39 is 0 Å². The molecule has 0 amide bonds. The van der Waals surface area contributed by atoms with Crippen LogP contribution in [0.4, 0.5) is 10.7 Å². The van der Waals surface area contributed by atoms with Crippen molar-refractivity contribution in [2.75, 3.05) is 23.9 Å². The Morgan fingerprint density at radius 1 is 1.36 bits per heavy atom. The Hall–Kier alpha value is -1.92. The number of methoxy groups -OCH3 is 1. The van der Waals surface area contributed by atoms with Crippen LogP contribution in [-0.4, -0.2) is 24.7 Å². The van der Waals surface area contributed by atoms with E-state index >= 15 is 0 Å². The number of thiocarbonyl (C=S) groups is 1. The largest absolute Gasteiger partial charge is 0.465 e. The van der Waals surface area contributed by atoms with Gasteiger partial charge in [0.2, 0.25) is 0 Å². The maximum Gasteiger partial charge on any atom is 0.341 e. The molecule has 1 aromatic carbocycles. The van der Waals surface area contributed by atoms with Gasteiger partial charge in [-0.15, -0.1) is 11.3 Å². The van der Waals surface area contributed by atoms with Gasteiger partial charge in [-0.1, -0.05) is 24.6 Å². The Morgan fingerprint density at radius 3 is 2.96 bits per heavy atom. The van der Waals surface area contributed by atoms with Gasteiger partial charge in [-0.05, 0) is 74.4 Å². The average Bonchev–Trinajstić information content (AvgIpc) is 3.03. The summed E-state index contributed by atoms with van der Waals surface area (Å²) in [6.45, 7) is 5.28. The van der Waals surface area contributed by atoms with E-state index in [2.05, 4.69) is 42.3 Å². The number of nitrogens with one attached hydrogen (secondary N) is 1. The van der Waals surface area contributed by atoms with Crippen LogP contribution in [-0.2, 0) is 24.0 Å². The van der Waals surface area contributed by atoms with Crippen molar-refractivity contribution in [1.82, 2.24) is 0 Å². The quantitative estimate of drug-likeness (QED) is 0.546. The molecule has 0 spiro atoms. The van der Waals surface area contributed by atoms with Crippen molar-refractivity contribution in [2.24, 2.45) is 5.92 Å². The molecule has 4 nitrogen and oxygen atoms in total. The average molecular weight is 415 g/mol. The number of rotatable bonds is 2. The Morgan fingerprint density at radius 2 is 2.18 bits per heavy atom. The molecule has 2 aliphatic rings. The predicted molar refractivity (Wildman–Crippen MR) is 120 cm³/mol. The number of fused-ring (bicyclic) bond motifs is 2. The van der Waals surface area contributed by atoms with Crippen molar-refractivity contribution in [3.8, 4) is 0 Å². The zero-order valence-electron chi connectivity index (χ0n) is 16.6. The van der Waals surface area contributed by atoms with Gasteiger partial charge in [0.1, 0.15) is 5.00 Å². The van der Waals surface area contributed by atoms with Crippen molar-refractivity contribution in [1.29, 1.82) is 0 Å². The molecule has 1 unspecified atom stereocenters. The number of carbonyl (C=O) groups is 1. The zero-order chi connectivity index (χ0) is 19.8. The van der Waals surface area contributed by atoms with Gasteiger partial charge in [-0.2, -0.15) is 0 Å². The number of hydrogen-bond acceptors (Lipinski definition) is 4. The highest BCUT2D eigenvalue weighted by atomic mass is 32.1. The molecule has 1 aliphatic carbocycles. The molecule has 148 valence electrons. The molecule has 0 bridgehead atoms. The van der Waals surface area contributed by atoms with Crippen molar-refractivity contribution in [2.45, 2.75) is 46.0 Å². The lowest BCUT2D eigenvalue weighted by Gasteiger charge is -2.32. The van der Waals surface area contributed by atoms with Gasteiger partial charge in [-0.25, -0.2) is 4.79 Å². The minimum Gasteiger partial charge on any atom is -0.465 e. The lowest BCUT2D eigenvalue weighted by atomic mass is 9.88. The highest BCUT2D eigenvalue weighted by molar-refractivity contribution is 7.80. The zero-order valence-corrected chi connectivity index (χ0v) is 18.3. The molecule has 4 rings (SSSR count). The molecule has 6 heteroatoms. The van der Waals surface area contributed by atoms with Crippen LogP contribution in [0, 0.1) is 12.8 Å². The van der Waals surface area contributed by atoms with Gasteiger partial charge in [0, 0.05) is 17.1 Å². The summed E-state index contributed by atoms with van der Waals surface area (Å²) < 4.78 is 5.10. The summed E-state index contributed by atoms with van der Waals surface area (Å²) >= 11 is 7.44. The smallest absolute Gasteiger partial charge is 0.341 e. The number of benzene rings is 1. The van der Waals surface area contributed by atoms with Gasteiger partial charge < -0.3 is 15.0 Å². The fourth-order valence-electron chi connectivity index (χ4n) is 4.26. The second-order valence-electron chi connectivity index (χ2n) is 7.86. The van der Waals surface area contributed by atoms with Crippen LogP contribution in [0.1, 0.15) is 51.7 Å². The minimum absolute atomic E-state index is 0.271. The number of nitrogens with zero attached hydrogens (tertiary/aromatic N) is 1. The molecule has 0 radical (unpaired) electrons. The second-order valence-corrected chi connectivity index (χ2v) is 9.36. The SMILES string of the molecule is COC(=O)c1c(NC(=S)N2CCCc3cc(C)ccc32)sc2c1CCC(C)C2. The Kier molecular flexibility index (Phi) is 5.43. The van der Waals surface area contributed by atoms with E-state index in [1.807, 2.05) is 0 Å². The first-order chi connectivity index (χ1) is 13.5. The highest BCUT2D eigenvalue weighted by Crippen LogP contribution is 2.40. The normalized spacial score (nSPS) is 18.2. The topological polar surface area (TPSA) is 41.6 Å². The lowest BCUT2D eigenvalue weighted by molar-refractivity contribution is 0.0601. The van der Waals surface area contributed by atoms with Crippen molar-refractivity contribution >= 4 is 45.3 Å². The van der Waals surface area contributed by atoms with Gasteiger partial charge in [0.25, 0.3) is 0 Å². The number of esters is 1. The molecule has 1 N–H and O–H groups in total. The molecular formula is C22H26N2O2S2. The minimum atomic E-state index is -0.271. The number of hydrogen-bond donors (Lipinski definition) is 1. The van der Waals surface area contributed by atoms with Crippen LogP contribution in [0.2, 0.25) is 0 Å². The van der Waals surface area contributed by atoms with Crippen molar-refractivity contribution in [3.05, 3.63) is 45.3 Å². The third-order valence-electron chi connectivity index (χ3n) is 5.72. The third-order valence-corrected chi connectivity index (χ3v) is 7.21. The van der Waals surface area contributed by atoms with E-state index in [0.29, 0.717) is 16.6 Å². The predicted octanol–water partition coefficient (Wildman–Crippen LogP) is 5.12. The summed E-state index contributed by atoms with van der Waals surface area (Å²) in [6.07, 6.45) is 5.20. The Labute approximate surface area is 175 Å². The van der Waals surface area contributed by atoms with E-state index in [4.69, 9.17) is 17.0 Å². The first kappa shape index (κ1) is 19.4. The molecule has 1 aliphatic heterocycles. The van der Waals surface area contributed by atoms with E-state index in [1.165, 1.54) is 28.8 Å². The van der Waals surface area contributed by atoms with Gasteiger partial charge >= 0.3 is 5.97 Å². The number of aryl methyl sites for hydroxylation is 2. The molecule has 0 saturated carbocycles. The molecule has 0 fully saturated rings. The summed E-state index contributed by atoms with van der Waals surface area (Å²) in [4.78, 5) is 16.0. The van der Waals surface area contributed by atoms with Crippen LogP contribution in [0.5, 0.6) is 0 Å². The van der Waals surface area contributed by atoms with E-state index in [-0.39, 0.29) is 5.97 Å². The van der Waals surface area contributed by atoms with Gasteiger partial charge in [-0.3, -0.25) is 0 Å². The number of carbonyl (C=O) groups excluding carboxylic acids is 1. The van der Waals surface area contributed by atoms with Crippen LogP contribution in [0.25, 0.3) is 0 Å². The van der Waals surface area contributed by atoms with Crippen molar-refractivity contribution < 1.29 is 9.53 Å². The van der Waals surface area contributed by atoms with Crippen LogP contribution in [0.15, 0.2) is 18.2 Å². The molecule has 2 heterocycles. The standard InChI is InChI=1S/C22H26N2O2S2/c1-13-7-9-17-15(11-13)5-4-10-24(17)22(27)23-20-19(21(25)26-3)16-8-6-14(2)12-18(16)28-20/h7,9,11,14H,4-6,8,10,12H2,1-3H3,(H,23,27). The Bertz CT molecular complexity index is 935. The number of anilines is 2. The maximum absolute atomic E-state index is 12.5.